The van der Waals surface area contributed by atoms with Gasteiger partial charge >= 0.3 is 0 Å². The highest BCUT2D eigenvalue weighted by molar-refractivity contribution is 9.10. The highest BCUT2D eigenvalue weighted by Gasteiger charge is 2.27. The first-order valence-corrected chi connectivity index (χ1v) is 18.6. The molecule has 2 heterocycles. The number of nitrogens with zero attached hydrogens (tertiary/aromatic N) is 3. The van der Waals surface area contributed by atoms with Gasteiger partial charge < -0.3 is 10.5 Å². The maximum atomic E-state index is 13.0. The lowest BCUT2D eigenvalue weighted by molar-refractivity contribution is 0.209. The van der Waals surface area contributed by atoms with E-state index in [1.54, 1.807) is 26.0 Å². The molecule has 0 spiro atoms. The van der Waals surface area contributed by atoms with Gasteiger partial charge in [0.1, 0.15) is 15.9 Å². The van der Waals surface area contributed by atoms with Gasteiger partial charge in [-0.2, -0.15) is 0 Å². The van der Waals surface area contributed by atoms with Crippen LogP contribution in [0, 0.1) is 13.8 Å². The minimum atomic E-state index is -3.87. The van der Waals surface area contributed by atoms with E-state index in [4.69, 9.17) is 67.6 Å². The average Bonchev–Trinajstić information content (AvgIpc) is 2.94. The molecule has 0 aliphatic heterocycles. The van der Waals surface area contributed by atoms with Crippen LogP contribution in [0.5, 0.6) is 0 Å². The summed E-state index contributed by atoms with van der Waals surface area (Å²) in [6.07, 6.45) is 2.95. The van der Waals surface area contributed by atoms with Crippen molar-refractivity contribution in [3.63, 3.8) is 0 Å². The van der Waals surface area contributed by atoms with Crippen molar-refractivity contribution >= 4 is 119 Å². The van der Waals surface area contributed by atoms with Crippen LogP contribution in [0.3, 0.4) is 0 Å². The van der Waals surface area contributed by atoms with Crippen molar-refractivity contribution in [3.8, 4) is 0 Å². The van der Waals surface area contributed by atoms with Gasteiger partial charge in [-0.25, -0.2) is 31.1 Å². The lowest BCUT2D eigenvalue weighted by atomic mass is 10.2. The molecule has 18 heteroatoms. The van der Waals surface area contributed by atoms with Gasteiger partial charge in [-0.1, -0.05) is 46.4 Å². The summed E-state index contributed by atoms with van der Waals surface area (Å²) < 4.78 is 54.7. The summed E-state index contributed by atoms with van der Waals surface area (Å²) in [5.74, 6) is 0. The fourth-order valence-corrected chi connectivity index (χ4v) is 6.70. The number of pyridine rings is 2. The summed E-state index contributed by atoms with van der Waals surface area (Å²) in [5, 5.41) is 1.88. The summed E-state index contributed by atoms with van der Waals surface area (Å²) in [5.41, 5.74) is 7.62. The average molecular weight is 873 g/mol. The monoisotopic (exact) mass is 868 g/mol. The number of halogens is 7. The van der Waals surface area contributed by atoms with Crippen LogP contribution >= 0.6 is 88.9 Å². The molecule has 0 saturated heterocycles. The predicted molar refractivity (Wildman–Crippen MR) is 185 cm³/mol. The van der Waals surface area contributed by atoms with Gasteiger partial charge in [0.25, 0.3) is 19.1 Å². The Kier molecular flexibility index (Phi) is 15.0. The van der Waals surface area contributed by atoms with Crippen LogP contribution < -0.4 is 10.0 Å². The molecule has 2 aromatic heterocycles. The lowest BCUT2D eigenvalue weighted by Crippen LogP contribution is -2.33. The van der Waals surface area contributed by atoms with Crippen LogP contribution in [-0.4, -0.2) is 40.6 Å². The molecule has 9 nitrogen and oxygen atoms in total. The van der Waals surface area contributed by atoms with Crippen LogP contribution in [-0.2, 0) is 23.8 Å². The van der Waals surface area contributed by atoms with Gasteiger partial charge in [-0.05, 0) is 105 Å². The molecule has 0 atom stereocenters. The molecule has 0 aliphatic carbocycles. The number of benzene rings is 2. The number of hydrogen-bond acceptors (Lipinski definition) is 8. The molecule has 238 valence electrons. The first kappa shape index (κ1) is 38.8. The SMILES string of the molecule is COCN(c1cc(Cl)cnc1Br)S(=O)(=O)c1ccc(Cl)c(C)c1.Cc1cc(S(=O)(=O)Cl)ccc1Cl.Nc1cc(Cl)cnc1Br. The molecular formula is C26H23Br2Cl5N4O5S2. The standard InChI is InChI=1S/C14H13BrCl2N2O3S.C7H6Cl2O2S.C5H4BrClN2/c1-9-5-11(3-4-12(9)17)23(20,21)19(8-22-2)13-6-10(16)7-18-14(13)15;1-5-4-6(12(9,10)11)2-3-7(5)8;6-5-4(8)1-3(7)2-9-5/h3-7H,8H2,1-2H3;2-4H,1H3;1-2H,8H2. The Morgan fingerprint density at radius 2 is 1.27 bits per heavy atom. The second-order valence-electron chi connectivity index (χ2n) is 8.53. The predicted octanol–water partition coefficient (Wildman–Crippen LogP) is 8.91. The number of nitrogen functional groups attached to an aromatic ring is 1. The second-order valence-corrected chi connectivity index (χ2v) is 16.1. The number of hydrogen-bond donors (Lipinski definition) is 1. The van der Waals surface area contributed by atoms with Gasteiger partial charge in [0.05, 0.1) is 31.2 Å². The number of sulfonamides is 1. The van der Waals surface area contributed by atoms with E-state index in [9.17, 15) is 16.8 Å². The summed E-state index contributed by atoms with van der Waals surface area (Å²) in [6.45, 7) is 3.26. The van der Waals surface area contributed by atoms with Crippen molar-refractivity contribution in [2.75, 3.05) is 23.9 Å². The maximum absolute atomic E-state index is 13.0. The second kappa shape index (κ2) is 17.0. The van der Waals surface area contributed by atoms with Gasteiger partial charge in [0.2, 0.25) is 0 Å². The van der Waals surface area contributed by atoms with E-state index in [0.717, 1.165) is 4.31 Å². The Labute approximate surface area is 297 Å². The van der Waals surface area contributed by atoms with Crippen LogP contribution in [0.25, 0.3) is 0 Å². The minimum absolute atomic E-state index is 0.0751. The molecule has 0 aliphatic rings. The van der Waals surface area contributed by atoms with Crippen LogP contribution in [0.15, 0.2) is 79.9 Å². The number of methoxy groups -OCH3 is 1. The van der Waals surface area contributed by atoms with E-state index in [0.29, 0.717) is 46.1 Å². The lowest BCUT2D eigenvalue weighted by Gasteiger charge is -2.24. The third kappa shape index (κ3) is 11.1. The van der Waals surface area contributed by atoms with E-state index in [-0.39, 0.29) is 22.2 Å². The molecule has 4 rings (SSSR count). The topological polar surface area (TPSA) is 133 Å². The number of aromatic nitrogens is 2. The Balaban J connectivity index is 0.000000266. The molecule has 2 N–H and O–H groups in total. The number of ether oxygens (including phenoxy) is 1. The van der Waals surface area contributed by atoms with Crippen molar-refractivity contribution in [2.45, 2.75) is 23.6 Å². The van der Waals surface area contributed by atoms with Gasteiger partial charge in [-0.3, -0.25) is 0 Å². The Hall–Kier alpha value is -1.39. The number of rotatable bonds is 6. The van der Waals surface area contributed by atoms with Crippen LogP contribution in [0.2, 0.25) is 20.1 Å². The molecule has 0 radical (unpaired) electrons. The molecule has 4 aromatic rings. The van der Waals surface area contributed by atoms with Crippen molar-refractivity contribution in [2.24, 2.45) is 0 Å². The zero-order chi connectivity index (χ0) is 33.4. The first-order chi connectivity index (χ1) is 20.4. The Morgan fingerprint density at radius 3 is 1.73 bits per heavy atom. The van der Waals surface area contributed by atoms with Crippen LogP contribution in [0.1, 0.15) is 11.1 Å². The van der Waals surface area contributed by atoms with Gasteiger partial charge in [0, 0.05) is 40.2 Å². The third-order valence-corrected chi connectivity index (χ3v) is 10.9. The van der Waals surface area contributed by atoms with E-state index in [2.05, 4.69) is 41.8 Å². The highest BCUT2D eigenvalue weighted by atomic mass is 79.9. The number of anilines is 2. The molecule has 2 aromatic carbocycles. The normalized spacial score (nSPS) is 11.1. The first-order valence-electron chi connectivity index (χ1n) is 11.7. The fraction of sp³-hybridized carbons (Fsp3) is 0.154. The molecule has 0 fully saturated rings. The zero-order valence-corrected chi connectivity index (χ0v) is 31.5. The maximum Gasteiger partial charge on any atom is 0.266 e. The highest BCUT2D eigenvalue weighted by Crippen LogP contribution is 2.32. The Bertz CT molecular complexity index is 1850. The third-order valence-electron chi connectivity index (χ3n) is 5.26. The van der Waals surface area contributed by atoms with Crippen molar-refractivity contribution in [1.82, 2.24) is 9.97 Å². The molecule has 0 amide bonds. The van der Waals surface area contributed by atoms with Gasteiger partial charge in [-0.15, -0.1) is 0 Å². The largest absolute Gasteiger partial charge is 0.396 e. The van der Waals surface area contributed by atoms with E-state index in [1.165, 1.54) is 55.9 Å². The van der Waals surface area contributed by atoms with E-state index >= 15 is 0 Å². The van der Waals surface area contributed by atoms with Crippen molar-refractivity contribution in [3.05, 3.63) is 101 Å². The van der Waals surface area contributed by atoms with Crippen molar-refractivity contribution < 1.29 is 21.6 Å². The van der Waals surface area contributed by atoms with Gasteiger partial charge in [0.15, 0.2) is 0 Å². The quantitative estimate of drug-likeness (QED) is 0.116. The Morgan fingerprint density at radius 1 is 0.795 bits per heavy atom. The van der Waals surface area contributed by atoms with E-state index in [1.807, 2.05) is 0 Å². The summed E-state index contributed by atoms with van der Waals surface area (Å²) in [6, 6.07) is 11.9. The minimum Gasteiger partial charge on any atom is -0.396 e. The van der Waals surface area contributed by atoms with Crippen LogP contribution in [0.4, 0.5) is 11.4 Å². The summed E-state index contributed by atoms with van der Waals surface area (Å²) >= 11 is 29.5. The number of nitrogens with two attached hydrogens (primary N) is 1. The smallest absolute Gasteiger partial charge is 0.266 e. The fourth-order valence-electron chi connectivity index (χ4n) is 3.08. The van der Waals surface area contributed by atoms with E-state index < -0.39 is 19.1 Å². The summed E-state index contributed by atoms with van der Waals surface area (Å²) in [4.78, 5) is 8.04. The molecule has 0 saturated carbocycles. The molecule has 0 bridgehead atoms. The molecule has 44 heavy (non-hydrogen) atoms. The van der Waals surface area contributed by atoms with Crippen molar-refractivity contribution in [1.29, 1.82) is 0 Å². The summed E-state index contributed by atoms with van der Waals surface area (Å²) in [7, 11) is -0.986. The molecular weight excluding hydrogens is 850 g/mol. The zero-order valence-electron chi connectivity index (χ0n) is 22.9. The molecule has 0 unspecified atom stereocenters. The number of aryl methyl sites for hydroxylation is 2.